The van der Waals surface area contributed by atoms with Crippen molar-refractivity contribution in [2.45, 2.75) is 47.1 Å². The van der Waals surface area contributed by atoms with Gasteiger partial charge in [0.1, 0.15) is 5.78 Å². The first-order valence-electron chi connectivity index (χ1n) is 4.40. The Kier molecular flexibility index (Phi) is 3.45. The predicted molar refractivity (Wildman–Crippen MR) is 50.2 cm³/mol. The number of Topliss-reactive ketones (excluding diaryl/α,β-unsaturated/α-hetero) is 1. The summed E-state index contributed by atoms with van der Waals surface area (Å²) in [5.74, 6) is 0.168. The molecule has 0 aliphatic rings. The zero-order chi connectivity index (χ0) is 9.99. The molecule has 2 nitrogen and oxygen atoms in total. The minimum absolute atomic E-state index is 0.168. The normalized spacial score (nSPS) is 13.2. The molecule has 0 amide bonds. The van der Waals surface area contributed by atoms with Crippen molar-refractivity contribution >= 4 is 5.78 Å². The molecule has 0 aromatic rings. The SMILES string of the molecule is CCOC(C)(C)C(C)(C)C(C)=O. The Bertz CT molecular complexity index is 169. The summed E-state index contributed by atoms with van der Waals surface area (Å²) in [7, 11) is 0. The van der Waals surface area contributed by atoms with Crippen LogP contribution in [0.1, 0.15) is 41.5 Å². The van der Waals surface area contributed by atoms with Gasteiger partial charge in [0.2, 0.25) is 0 Å². The minimum atomic E-state index is -0.414. The van der Waals surface area contributed by atoms with Gasteiger partial charge < -0.3 is 4.74 Å². The first-order valence-corrected chi connectivity index (χ1v) is 4.40. The van der Waals surface area contributed by atoms with Crippen LogP contribution in [0.3, 0.4) is 0 Å². The van der Waals surface area contributed by atoms with Crippen LogP contribution in [0.2, 0.25) is 0 Å². The summed E-state index contributed by atoms with van der Waals surface area (Å²) in [6, 6.07) is 0. The monoisotopic (exact) mass is 172 g/mol. The molecule has 2 heteroatoms. The van der Waals surface area contributed by atoms with E-state index in [1.165, 1.54) is 0 Å². The first kappa shape index (κ1) is 11.6. The van der Waals surface area contributed by atoms with Crippen LogP contribution >= 0.6 is 0 Å². The fraction of sp³-hybridized carbons (Fsp3) is 0.900. The Morgan fingerprint density at radius 2 is 1.67 bits per heavy atom. The smallest absolute Gasteiger partial charge is 0.138 e. The summed E-state index contributed by atoms with van der Waals surface area (Å²) in [6.45, 7) is 12.0. The van der Waals surface area contributed by atoms with E-state index in [-0.39, 0.29) is 11.4 Å². The Morgan fingerprint density at radius 1 is 1.25 bits per heavy atom. The first-order chi connectivity index (χ1) is 5.25. The summed E-state index contributed by atoms with van der Waals surface area (Å²) >= 11 is 0. The van der Waals surface area contributed by atoms with E-state index in [4.69, 9.17) is 4.74 Å². The molecule has 0 saturated heterocycles. The summed E-state index contributed by atoms with van der Waals surface area (Å²) in [6.07, 6.45) is 0. The Balaban J connectivity index is 4.62. The molecule has 0 rings (SSSR count). The molecule has 0 N–H and O–H groups in total. The number of rotatable bonds is 4. The van der Waals surface area contributed by atoms with Crippen molar-refractivity contribution in [3.63, 3.8) is 0 Å². The molecule has 0 heterocycles. The number of carbonyl (C=O) groups excluding carboxylic acids is 1. The highest BCUT2D eigenvalue weighted by molar-refractivity contribution is 5.82. The van der Waals surface area contributed by atoms with Gasteiger partial charge in [-0.05, 0) is 27.7 Å². The molecule has 0 saturated carbocycles. The third kappa shape index (κ3) is 2.07. The lowest BCUT2D eigenvalue weighted by Crippen LogP contribution is -2.46. The summed E-state index contributed by atoms with van der Waals surface area (Å²) in [4.78, 5) is 11.3. The van der Waals surface area contributed by atoms with Gasteiger partial charge in [-0.3, -0.25) is 4.79 Å². The number of ether oxygens (including phenoxy) is 1. The van der Waals surface area contributed by atoms with Gasteiger partial charge in [-0.15, -0.1) is 0 Å². The maximum Gasteiger partial charge on any atom is 0.138 e. The highest BCUT2D eigenvalue weighted by Crippen LogP contribution is 2.34. The molecule has 12 heavy (non-hydrogen) atoms. The molecule has 0 bridgehead atoms. The fourth-order valence-electron chi connectivity index (χ4n) is 0.965. The van der Waals surface area contributed by atoms with Gasteiger partial charge in [0.25, 0.3) is 0 Å². The largest absolute Gasteiger partial charge is 0.375 e. The van der Waals surface area contributed by atoms with E-state index < -0.39 is 5.41 Å². The molecular formula is C10H20O2. The van der Waals surface area contributed by atoms with Crippen LogP contribution in [0.5, 0.6) is 0 Å². The van der Waals surface area contributed by atoms with Crippen LogP contribution < -0.4 is 0 Å². The third-order valence-electron chi connectivity index (χ3n) is 2.89. The zero-order valence-corrected chi connectivity index (χ0v) is 9.02. The Morgan fingerprint density at radius 3 is 1.92 bits per heavy atom. The van der Waals surface area contributed by atoms with Crippen LogP contribution in [-0.2, 0) is 9.53 Å². The molecule has 0 aliphatic heterocycles. The van der Waals surface area contributed by atoms with Crippen molar-refractivity contribution in [1.29, 1.82) is 0 Å². The van der Waals surface area contributed by atoms with E-state index >= 15 is 0 Å². The number of carbonyl (C=O) groups is 1. The highest BCUT2D eigenvalue weighted by atomic mass is 16.5. The molecule has 0 spiro atoms. The number of hydrogen-bond donors (Lipinski definition) is 0. The molecule has 72 valence electrons. The zero-order valence-electron chi connectivity index (χ0n) is 9.02. The van der Waals surface area contributed by atoms with E-state index in [0.717, 1.165) is 0 Å². The van der Waals surface area contributed by atoms with Gasteiger partial charge in [0, 0.05) is 6.61 Å². The van der Waals surface area contributed by atoms with Gasteiger partial charge in [-0.2, -0.15) is 0 Å². The Hall–Kier alpha value is -0.370. The molecule has 0 aromatic carbocycles. The van der Waals surface area contributed by atoms with Gasteiger partial charge >= 0.3 is 0 Å². The van der Waals surface area contributed by atoms with Crippen LogP contribution in [-0.4, -0.2) is 18.0 Å². The number of ketones is 1. The molecule has 0 aliphatic carbocycles. The van der Waals surface area contributed by atoms with Gasteiger partial charge in [0.05, 0.1) is 11.0 Å². The van der Waals surface area contributed by atoms with Crippen molar-refractivity contribution < 1.29 is 9.53 Å². The lowest BCUT2D eigenvalue weighted by Gasteiger charge is -2.39. The summed E-state index contributed by atoms with van der Waals surface area (Å²) in [5, 5.41) is 0. The molecule has 0 fully saturated rings. The second kappa shape index (κ2) is 3.56. The lowest BCUT2D eigenvalue weighted by molar-refractivity contribution is -0.145. The highest BCUT2D eigenvalue weighted by Gasteiger charge is 2.41. The second-order valence-electron chi connectivity index (χ2n) is 4.12. The predicted octanol–water partition coefficient (Wildman–Crippen LogP) is 2.42. The van der Waals surface area contributed by atoms with Gasteiger partial charge in [0.15, 0.2) is 0 Å². The van der Waals surface area contributed by atoms with Crippen LogP contribution in [0.4, 0.5) is 0 Å². The Labute approximate surface area is 75.3 Å². The minimum Gasteiger partial charge on any atom is -0.375 e. The van der Waals surface area contributed by atoms with Crippen LogP contribution in [0, 0.1) is 5.41 Å². The quantitative estimate of drug-likeness (QED) is 0.651. The second-order valence-corrected chi connectivity index (χ2v) is 4.12. The van der Waals surface area contributed by atoms with E-state index in [2.05, 4.69) is 0 Å². The molecule has 0 unspecified atom stereocenters. The maximum absolute atomic E-state index is 11.3. The van der Waals surface area contributed by atoms with E-state index in [1.807, 2.05) is 34.6 Å². The van der Waals surface area contributed by atoms with Gasteiger partial charge in [-0.25, -0.2) is 0 Å². The van der Waals surface area contributed by atoms with Crippen molar-refractivity contribution in [3.8, 4) is 0 Å². The van der Waals surface area contributed by atoms with Gasteiger partial charge in [-0.1, -0.05) is 13.8 Å². The molecule has 0 radical (unpaired) electrons. The molecule has 0 atom stereocenters. The lowest BCUT2D eigenvalue weighted by atomic mass is 9.74. The standard InChI is InChI=1S/C10H20O2/c1-7-12-10(5,6)9(3,4)8(2)11/h7H2,1-6H3. The average molecular weight is 172 g/mol. The van der Waals surface area contributed by atoms with E-state index in [9.17, 15) is 4.79 Å². The van der Waals surface area contributed by atoms with E-state index in [1.54, 1.807) is 6.92 Å². The fourth-order valence-corrected chi connectivity index (χ4v) is 0.965. The number of hydrogen-bond acceptors (Lipinski definition) is 2. The molecular weight excluding hydrogens is 152 g/mol. The van der Waals surface area contributed by atoms with Crippen molar-refractivity contribution in [3.05, 3.63) is 0 Å². The topological polar surface area (TPSA) is 26.3 Å². The van der Waals surface area contributed by atoms with Crippen LogP contribution in [0.25, 0.3) is 0 Å². The third-order valence-corrected chi connectivity index (χ3v) is 2.89. The van der Waals surface area contributed by atoms with Crippen LogP contribution in [0.15, 0.2) is 0 Å². The molecule has 0 aromatic heterocycles. The van der Waals surface area contributed by atoms with Crippen molar-refractivity contribution in [1.82, 2.24) is 0 Å². The maximum atomic E-state index is 11.3. The van der Waals surface area contributed by atoms with E-state index in [0.29, 0.717) is 6.61 Å². The average Bonchev–Trinajstić information content (AvgIpc) is 1.86. The van der Waals surface area contributed by atoms with Crippen molar-refractivity contribution in [2.24, 2.45) is 5.41 Å². The van der Waals surface area contributed by atoms with Crippen molar-refractivity contribution in [2.75, 3.05) is 6.61 Å². The summed E-state index contributed by atoms with van der Waals surface area (Å²) in [5.41, 5.74) is -0.795. The summed E-state index contributed by atoms with van der Waals surface area (Å²) < 4.78 is 5.53.